The van der Waals surface area contributed by atoms with Crippen molar-refractivity contribution in [1.82, 2.24) is 14.6 Å². The molecule has 0 aromatic carbocycles. The molecular weight excluding hydrogens is 274 g/mol. The van der Waals surface area contributed by atoms with E-state index in [0.29, 0.717) is 17.0 Å². The average Bonchev–Trinajstić information content (AvgIpc) is 3.24. The smallest absolute Gasteiger partial charge is 0.242 e. The average molecular weight is 297 g/mol. The third-order valence-electron chi connectivity index (χ3n) is 3.70. The Balaban J connectivity index is 1.82. The summed E-state index contributed by atoms with van der Waals surface area (Å²) < 4.78 is 29.3. The van der Waals surface area contributed by atoms with Gasteiger partial charge in [-0.25, -0.2) is 13.1 Å². The summed E-state index contributed by atoms with van der Waals surface area (Å²) in [5.74, 6) is 0. The fourth-order valence-corrected chi connectivity index (χ4v) is 3.69. The van der Waals surface area contributed by atoms with E-state index in [9.17, 15) is 8.42 Å². The molecule has 2 aliphatic rings. The SMILES string of the molecule is CC(C)NS(=O)(=O)c1cc(CNC2CC2)n(C2CC2)c1. The van der Waals surface area contributed by atoms with Gasteiger partial charge in [0.15, 0.2) is 0 Å². The zero-order valence-electron chi connectivity index (χ0n) is 12.1. The molecule has 0 unspecified atom stereocenters. The molecule has 2 aliphatic carbocycles. The summed E-state index contributed by atoms with van der Waals surface area (Å²) in [6, 6.07) is 2.86. The highest BCUT2D eigenvalue weighted by molar-refractivity contribution is 7.89. The third-order valence-corrected chi connectivity index (χ3v) is 5.32. The summed E-state index contributed by atoms with van der Waals surface area (Å²) in [7, 11) is -3.39. The highest BCUT2D eigenvalue weighted by atomic mass is 32.2. The van der Waals surface area contributed by atoms with Crippen LogP contribution in [0.25, 0.3) is 0 Å². The van der Waals surface area contributed by atoms with Crippen molar-refractivity contribution >= 4 is 10.0 Å². The van der Waals surface area contributed by atoms with E-state index in [0.717, 1.165) is 25.1 Å². The lowest BCUT2D eigenvalue weighted by molar-refractivity contribution is 0.569. The Kier molecular flexibility index (Phi) is 3.64. The maximum absolute atomic E-state index is 12.3. The van der Waals surface area contributed by atoms with Gasteiger partial charge in [-0.15, -0.1) is 0 Å². The van der Waals surface area contributed by atoms with Crippen molar-refractivity contribution in [1.29, 1.82) is 0 Å². The van der Waals surface area contributed by atoms with Gasteiger partial charge in [-0.3, -0.25) is 0 Å². The van der Waals surface area contributed by atoms with Crippen LogP contribution >= 0.6 is 0 Å². The zero-order valence-corrected chi connectivity index (χ0v) is 12.9. The van der Waals surface area contributed by atoms with Crippen molar-refractivity contribution in [2.75, 3.05) is 0 Å². The van der Waals surface area contributed by atoms with Crippen LogP contribution in [0.1, 0.15) is 51.3 Å². The van der Waals surface area contributed by atoms with Crippen LogP contribution in [0.15, 0.2) is 17.2 Å². The Hall–Kier alpha value is -0.850. The Morgan fingerprint density at radius 1 is 1.30 bits per heavy atom. The van der Waals surface area contributed by atoms with E-state index in [1.165, 1.54) is 12.8 Å². The topological polar surface area (TPSA) is 63.1 Å². The molecule has 1 aromatic heterocycles. The number of hydrogen-bond donors (Lipinski definition) is 2. The largest absolute Gasteiger partial charge is 0.346 e. The van der Waals surface area contributed by atoms with Gasteiger partial charge in [0.1, 0.15) is 0 Å². The van der Waals surface area contributed by atoms with Gasteiger partial charge >= 0.3 is 0 Å². The number of nitrogens with one attached hydrogen (secondary N) is 2. The first-order valence-electron chi connectivity index (χ1n) is 7.42. The Morgan fingerprint density at radius 2 is 2.00 bits per heavy atom. The highest BCUT2D eigenvalue weighted by Gasteiger charge is 2.29. The Bertz CT molecular complexity index is 584. The molecule has 0 bridgehead atoms. The van der Waals surface area contributed by atoms with E-state index < -0.39 is 10.0 Å². The molecule has 20 heavy (non-hydrogen) atoms. The fraction of sp³-hybridized carbons (Fsp3) is 0.714. The lowest BCUT2D eigenvalue weighted by atomic mass is 10.4. The fourth-order valence-electron chi connectivity index (χ4n) is 2.39. The van der Waals surface area contributed by atoms with Gasteiger partial charge in [0, 0.05) is 36.6 Å². The minimum absolute atomic E-state index is 0.0858. The highest BCUT2D eigenvalue weighted by Crippen LogP contribution is 2.37. The molecule has 112 valence electrons. The number of rotatable bonds is 7. The first kappa shape index (κ1) is 14.1. The normalized spacial score (nSPS) is 19.8. The maximum Gasteiger partial charge on any atom is 0.242 e. The van der Waals surface area contributed by atoms with Crippen LogP contribution in [0.4, 0.5) is 0 Å². The standard InChI is InChI=1S/C14H23N3O2S/c1-10(2)16-20(18,19)14-7-13(8-15-11-3-4-11)17(9-14)12-5-6-12/h7,9-12,15-16H,3-6,8H2,1-2H3. The summed E-state index contributed by atoms with van der Waals surface area (Å²) in [5.41, 5.74) is 1.09. The number of sulfonamides is 1. The van der Waals surface area contributed by atoms with Crippen molar-refractivity contribution in [2.24, 2.45) is 0 Å². The molecule has 0 amide bonds. The maximum atomic E-state index is 12.3. The van der Waals surface area contributed by atoms with Crippen LogP contribution in [0, 0.1) is 0 Å². The van der Waals surface area contributed by atoms with Gasteiger partial charge in [-0.1, -0.05) is 0 Å². The van der Waals surface area contributed by atoms with Crippen molar-refractivity contribution < 1.29 is 8.42 Å². The van der Waals surface area contributed by atoms with Crippen molar-refractivity contribution in [3.05, 3.63) is 18.0 Å². The van der Waals surface area contributed by atoms with Gasteiger partial charge in [0.05, 0.1) is 4.90 Å². The molecular formula is C14H23N3O2S. The van der Waals surface area contributed by atoms with E-state index in [1.807, 2.05) is 19.9 Å². The molecule has 0 spiro atoms. The molecule has 0 saturated heterocycles. The second-order valence-corrected chi connectivity index (χ2v) is 7.95. The quantitative estimate of drug-likeness (QED) is 0.806. The molecule has 6 heteroatoms. The number of aromatic nitrogens is 1. The molecule has 2 fully saturated rings. The second-order valence-electron chi connectivity index (χ2n) is 6.24. The summed E-state index contributed by atoms with van der Waals surface area (Å²) in [6.07, 6.45) is 6.59. The van der Waals surface area contributed by atoms with Crippen molar-refractivity contribution in [2.45, 2.75) is 69.1 Å². The first-order chi connectivity index (χ1) is 9.45. The molecule has 0 radical (unpaired) electrons. The number of hydrogen-bond acceptors (Lipinski definition) is 3. The monoisotopic (exact) mass is 297 g/mol. The second kappa shape index (κ2) is 5.16. The van der Waals surface area contributed by atoms with Gasteiger partial charge < -0.3 is 9.88 Å². The van der Waals surface area contributed by atoms with E-state index in [2.05, 4.69) is 14.6 Å². The Labute approximate surface area is 120 Å². The van der Waals surface area contributed by atoms with Crippen molar-refractivity contribution in [3.63, 3.8) is 0 Å². The molecule has 3 rings (SSSR count). The zero-order chi connectivity index (χ0) is 14.3. The number of nitrogens with zero attached hydrogens (tertiary/aromatic N) is 1. The summed E-state index contributed by atoms with van der Waals surface area (Å²) >= 11 is 0. The molecule has 0 atom stereocenters. The van der Waals surface area contributed by atoms with Gasteiger partial charge in [0.25, 0.3) is 0 Å². The van der Waals surface area contributed by atoms with Crippen LogP contribution in [-0.2, 0) is 16.6 Å². The minimum Gasteiger partial charge on any atom is -0.346 e. The summed E-state index contributed by atoms with van der Waals surface area (Å²) in [5, 5.41) is 3.47. The molecule has 2 saturated carbocycles. The van der Waals surface area contributed by atoms with E-state index >= 15 is 0 Å². The summed E-state index contributed by atoms with van der Waals surface area (Å²) in [4.78, 5) is 0.394. The van der Waals surface area contributed by atoms with E-state index in [1.54, 1.807) is 6.20 Å². The van der Waals surface area contributed by atoms with Gasteiger partial charge in [-0.05, 0) is 45.6 Å². The molecule has 1 heterocycles. The van der Waals surface area contributed by atoms with E-state index in [4.69, 9.17) is 0 Å². The predicted octanol–water partition coefficient (Wildman–Crippen LogP) is 1.76. The molecule has 0 aliphatic heterocycles. The minimum atomic E-state index is -3.39. The van der Waals surface area contributed by atoms with Crippen LogP contribution in [0.5, 0.6) is 0 Å². The Morgan fingerprint density at radius 3 is 2.55 bits per heavy atom. The summed E-state index contributed by atoms with van der Waals surface area (Å²) in [6.45, 7) is 4.44. The molecule has 5 nitrogen and oxygen atoms in total. The van der Waals surface area contributed by atoms with Gasteiger partial charge in [-0.2, -0.15) is 0 Å². The van der Waals surface area contributed by atoms with Crippen LogP contribution < -0.4 is 10.0 Å². The lowest BCUT2D eigenvalue weighted by Crippen LogP contribution is -2.29. The first-order valence-corrected chi connectivity index (χ1v) is 8.90. The van der Waals surface area contributed by atoms with Crippen LogP contribution in [-0.4, -0.2) is 25.1 Å². The molecule has 2 N–H and O–H groups in total. The van der Waals surface area contributed by atoms with Gasteiger partial charge in [0.2, 0.25) is 10.0 Å². The molecule has 1 aromatic rings. The van der Waals surface area contributed by atoms with Crippen molar-refractivity contribution in [3.8, 4) is 0 Å². The van der Waals surface area contributed by atoms with Crippen LogP contribution in [0.2, 0.25) is 0 Å². The predicted molar refractivity (Wildman–Crippen MR) is 78.0 cm³/mol. The van der Waals surface area contributed by atoms with E-state index in [-0.39, 0.29) is 6.04 Å². The lowest BCUT2D eigenvalue weighted by Gasteiger charge is -2.08. The van der Waals surface area contributed by atoms with Crippen LogP contribution in [0.3, 0.4) is 0 Å². The third kappa shape index (κ3) is 3.24.